The van der Waals surface area contributed by atoms with Crippen LogP contribution in [-0.4, -0.2) is 46.3 Å². The van der Waals surface area contributed by atoms with E-state index in [1.807, 2.05) is 32.0 Å². The Bertz CT molecular complexity index is 739. The molecule has 24 heavy (non-hydrogen) atoms. The highest BCUT2D eigenvalue weighted by Crippen LogP contribution is 2.30. The number of aromatic amines is 1. The number of hydrogen-bond acceptors (Lipinski definition) is 5. The molecule has 0 saturated carbocycles. The Morgan fingerprint density at radius 2 is 2.21 bits per heavy atom. The Labute approximate surface area is 140 Å². The van der Waals surface area contributed by atoms with Gasteiger partial charge >= 0.3 is 0 Å². The number of fused-ring (bicyclic) bond motifs is 1. The van der Waals surface area contributed by atoms with Crippen molar-refractivity contribution in [3.05, 3.63) is 41.3 Å². The molecule has 0 unspecified atom stereocenters. The summed E-state index contributed by atoms with van der Waals surface area (Å²) in [6.45, 7) is 5.53. The molecule has 2 atom stereocenters. The summed E-state index contributed by atoms with van der Waals surface area (Å²) in [6, 6.07) is 5.97. The Hall–Kier alpha value is -2.41. The van der Waals surface area contributed by atoms with Crippen LogP contribution in [0.2, 0.25) is 0 Å². The van der Waals surface area contributed by atoms with Crippen molar-refractivity contribution in [3.63, 3.8) is 0 Å². The van der Waals surface area contributed by atoms with Crippen molar-refractivity contribution in [3.8, 4) is 0 Å². The van der Waals surface area contributed by atoms with E-state index in [1.54, 1.807) is 6.20 Å². The number of nitrogens with one attached hydrogen (secondary N) is 2. The molecule has 2 aromatic heterocycles. The van der Waals surface area contributed by atoms with Crippen LogP contribution in [0.1, 0.15) is 41.7 Å². The topological polar surface area (TPSA) is 83.1 Å². The zero-order valence-electron chi connectivity index (χ0n) is 13.8. The van der Waals surface area contributed by atoms with Crippen LogP contribution in [-0.2, 0) is 11.2 Å². The van der Waals surface area contributed by atoms with E-state index >= 15 is 0 Å². The van der Waals surface area contributed by atoms with Crippen molar-refractivity contribution in [1.82, 2.24) is 20.5 Å². The second-order valence-corrected chi connectivity index (χ2v) is 6.52. The summed E-state index contributed by atoms with van der Waals surface area (Å²) in [7, 11) is 0. The van der Waals surface area contributed by atoms with Gasteiger partial charge < -0.3 is 15.0 Å². The molecule has 0 aliphatic carbocycles. The van der Waals surface area contributed by atoms with Crippen molar-refractivity contribution in [1.29, 1.82) is 0 Å². The van der Waals surface area contributed by atoms with Gasteiger partial charge in [-0.15, -0.1) is 0 Å². The van der Waals surface area contributed by atoms with Crippen molar-refractivity contribution in [2.45, 2.75) is 38.5 Å². The van der Waals surface area contributed by atoms with Gasteiger partial charge in [-0.3, -0.25) is 9.89 Å². The minimum atomic E-state index is -0.112. The molecule has 2 aliphatic rings. The number of ether oxygens (including phenoxy) is 1. The third-order valence-electron chi connectivity index (χ3n) is 4.64. The molecular weight excluding hydrogens is 306 g/mol. The third kappa shape index (κ3) is 2.65. The number of H-pyrrole nitrogens is 1. The summed E-state index contributed by atoms with van der Waals surface area (Å²) in [4.78, 5) is 19.0. The van der Waals surface area contributed by atoms with Crippen LogP contribution < -0.4 is 10.2 Å². The number of rotatable bonds is 3. The maximum absolute atomic E-state index is 12.6. The summed E-state index contributed by atoms with van der Waals surface area (Å²) in [5, 5.41) is 10.3. The Balaban J connectivity index is 1.40. The van der Waals surface area contributed by atoms with Gasteiger partial charge in [0.15, 0.2) is 5.69 Å². The second-order valence-electron chi connectivity index (χ2n) is 6.52. The van der Waals surface area contributed by atoms with Crippen molar-refractivity contribution in [2.24, 2.45) is 0 Å². The molecule has 1 fully saturated rings. The predicted octanol–water partition coefficient (Wildman–Crippen LogP) is 1.45. The SMILES string of the molecule is C[C@@H]1Cc2c(C(=O)NC3CN(c4ccccn4)C3)n[nH]c2[C@H](C)O1. The predicted molar refractivity (Wildman–Crippen MR) is 89.0 cm³/mol. The van der Waals surface area contributed by atoms with Gasteiger partial charge in [0.2, 0.25) is 0 Å². The Morgan fingerprint density at radius 1 is 1.38 bits per heavy atom. The maximum Gasteiger partial charge on any atom is 0.272 e. The average molecular weight is 327 g/mol. The minimum Gasteiger partial charge on any atom is -0.369 e. The van der Waals surface area contributed by atoms with E-state index in [9.17, 15) is 4.79 Å². The van der Waals surface area contributed by atoms with Gasteiger partial charge in [-0.05, 0) is 26.0 Å². The van der Waals surface area contributed by atoms with Gasteiger partial charge in [0.25, 0.3) is 5.91 Å². The van der Waals surface area contributed by atoms with Crippen LogP contribution in [0, 0.1) is 0 Å². The number of carbonyl (C=O) groups excluding carboxylic acids is 1. The first-order chi connectivity index (χ1) is 11.6. The zero-order valence-corrected chi connectivity index (χ0v) is 13.8. The first-order valence-electron chi connectivity index (χ1n) is 8.31. The van der Waals surface area contributed by atoms with Gasteiger partial charge in [0.1, 0.15) is 5.82 Å². The lowest BCUT2D eigenvalue weighted by Crippen LogP contribution is -2.59. The fourth-order valence-electron chi connectivity index (χ4n) is 3.41. The fraction of sp³-hybridized carbons (Fsp3) is 0.471. The van der Waals surface area contributed by atoms with Crippen LogP contribution in [0.15, 0.2) is 24.4 Å². The van der Waals surface area contributed by atoms with Crippen LogP contribution in [0.4, 0.5) is 5.82 Å². The second kappa shape index (κ2) is 5.90. The van der Waals surface area contributed by atoms with Crippen molar-refractivity contribution < 1.29 is 9.53 Å². The number of anilines is 1. The number of carbonyl (C=O) groups is 1. The molecule has 2 N–H and O–H groups in total. The minimum absolute atomic E-state index is 0.0545. The lowest BCUT2D eigenvalue weighted by molar-refractivity contribution is -0.00697. The van der Waals surface area contributed by atoms with E-state index in [1.165, 1.54) is 0 Å². The normalized spacial score (nSPS) is 23.5. The van der Waals surface area contributed by atoms with E-state index in [4.69, 9.17) is 4.74 Å². The molecule has 0 aromatic carbocycles. The molecule has 2 aromatic rings. The van der Waals surface area contributed by atoms with E-state index in [0.717, 1.165) is 30.2 Å². The van der Waals surface area contributed by atoms with E-state index < -0.39 is 0 Å². The molecule has 7 nitrogen and oxygen atoms in total. The largest absolute Gasteiger partial charge is 0.369 e. The van der Waals surface area contributed by atoms with E-state index in [2.05, 4.69) is 25.4 Å². The summed E-state index contributed by atoms with van der Waals surface area (Å²) >= 11 is 0. The van der Waals surface area contributed by atoms with Crippen molar-refractivity contribution in [2.75, 3.05) is 18.0 Å². The standard InChI is InChI=1S/C17H21N5O2/c1-10-7-13-15(11(2)24-10)20-21-16(13)17(23)19-12-8-22(9-12)14-5-3-4-6-18-14/h3-6,10-12H,7-9H2,1-2H3,(H,19,23)(H,20,21)/t10-,11+/m1/s1. The molecule has 1 amide bonds. The number of nitrogens with zero attached hydrogens (tertiary/aromatic N) is 3. The van der Waals surface area contributed by atoms with Crippen molar-refractivity contribution >= 4 is 11.7 Å². The quantitative estimate of drug-likeness (QED) is 0.891. The molecule has 4 heterocycles. The first-order valence-corrected chi connectivity index (χ1v) is 8.31. The monoisotopic (exact) mass is 327 g/mol. The Kier molecular flexibility index (Phi) is 3.72. The van der Waals surface area contributed by atoms with Gasteiger partial charge in [-0.1, -0.05) is 6.07 Å². The molecule has 7 heteroatoms. The van der Waals surface area contributed by atoms with Crippen LogP contribution in [0.3, 0.4) is 0 Å². The molecule has 0 radical (unpaired) electrons. The smallest absolute Gasteiger partial charge is 0.272 e. The molecule has 2 aliphatic heterocycles. The van der Waals surface area contributed by atoms with Gasteiger partial charge in [-0.25, -0.2) is 4.98 Å². The highest BCUT2D eigenvalue weighted by Gasteiger charge is 2.33. The van der Waals surface area contributed by atoms with Gasteiger partial charge in [0.05, 0.1) is 23.9 Å². The number of hydrogen-bond donors (Lipinski definition) is 2. The van der Waals surface area contributed by atoms with Crippen LogP contribution in [0.5, 0.6) is 0 Å². The van der Waals surface area contributed by atoms with Gasteiger partial charge in [0, 0.05) is 31.3 Å². The third-order valence-corrected chi connectivity index (χ3v) is 4.64. The number of aromatic nitrogens is 3. The molecule has 0 spiro atoms. The highest BCUT2D eigenvalue weighted by molar-refractivity contribution is 5.94. The molecule has 1 saturated heterocycles. The van der Waals surface area contributed by atoms with E-state index in [-0.39, 0.29) is 24.2 Å². The lowest BCUT2D eigenvalue weighted by atomic mass is 9.99. The van der Waals surface area contributed by atoms with E-state index in [0.29, 0.717) is 12.1 Å². The van der Waals surface area contributed by atoms with Crippen LogP contribution >= 0.6 is 0 Å². The summed E-state index contributed by atoms with van der Waals surface area (Å²) in [5.74, 6) is 0.833. The fourth-order valence-corrected chi connectivity index (χ4v) is 3.41. The summed E-state index contributed by atoms with van der Waals surface area (Å²) in [6.07, 6.45) is 2.53. The number of amides is 1. The molecule has 4 rings (SSSR count). The molecule has 126 valence electrons. The lowest BCUT2D eigenvalue weighted by Gasteiger charge is -2.40. The van der Waals surface area contributed by atoms with Gasteiger partial charge in [-0.2, -0.15) is 5.10 Å². The summed E-state index contributed by atoms with van der Waals surface area (Å²) in [5.41, 5.74) is 2.41. The average Bonchev–Trinajstić information content (AvgIpc) is 2.95. The first kappa shape index (κ1) is 15.1. The Morgan fingerprint density at radius 3 is 2.96 bits per heavy atom. The zero-order chi connectivity index (χ0) is 16.7. The number of pyridine rings is 1. The van der Waals surface area contributed by atoms with Crippen LogP contribution in [0.25, 0.3) is 0 Å². The maximum atomic E-state index is 12.6. The summed E-state index contributed by atoms with van der Waals surface area (Å²) < 4.78 is 5.77. The molecular formula is C17H21N5O2. The highest BCUT2D eigenvalue weighted by atomic mass is 16.5. The molecule has 0 bridgehead atoms.